The summed E-state index contributed by atoms with van der Waals surface area (Å²) in [7, 11) is 0. The van der Waals surface area contributed by atoms with Gasteiger partial charge >= 0.3 is 0 Å². The molecule has 1 amide bonds. The van der Waals surface area contributed by atoms with Gasteiger partial charge in [-0.2, -0.15) is 0 Å². The Morgan fingerprint density at radius 3 is 2.55 bits per heavy atom. The Morgan fingerprint density at radius 2 is 2.00 bits per heavy atom. The Bertz CT molecular complexity index is 499. The second-order valence-electron chi connectivity index (χ2n) is 5.68. The van der Waals surface area contributed by atoms with Crippen LogP contribution in [0, 0.1) is 17.6 Å². The van der Waals surface area contributed by atoms with Gasteiger partial charge in [0.25, 0.3) is 5.91 Å². The quantitative estimate of drug-likeness (QED) is 0.843. The molecular formula is C15H18ClF2NO. The van der Waals surface area contributed by atoms with E-state index in [4.69, 9.17) is 11.6 Å². The highest BCUT2D eigenvalue weighted by Crippen LogP contribution is 2.33. The minimum absolute atomic E-state index is 0.118. The predicted octanol–water partition coefficient (Wildman–Crippen LogP) is 3.88. The molecule has 0 saturated heterocycles. The normalized spacial score (nSPS) is 26.3. The van der Waals surface area contributed by atoms with Gasteiger partial charge in [-0.05, 0) is 49.8 Å². The minimum Gasteiger partial charge on any atom is -0.345 e. The number of carbonyl (C=O) groups is 1. The van der Waals surface area contributed by atoms with Crippen LogP contribution in [0.4, 0.5) is 8.78 Å². The molecular weight excluding hydrogens is 284 g/mol. The van der Waals surface area contributed by atoms with E-state index in [9.17, 15) is 13.6 Å². The lowest BCUT2D eigenvalue weighted by molar-refractivity contribution is 0.0872. The third-order valence-electron chi connectivity index (χ3n) is 4.05. The summed E-state index contributed by atoms with van der Waals surface area (Å²) in [5.41, 5.74) is -0.317. The highest BCUT2D eigenvalue weighted by molar-refractivity contribution is 6.19. The van der Waals surface area contributed by atoms with Crippen LogP contribution in [0.1, 0.15) is 43.0 Å². The van der Waals surface area contributed by atoms with Gasteiger partial charge < -0.3 is 5.32 Å². The fourth-order valence-corrected chi connectivity index (χ4v) is 2.89. The topological polar surface area (TPSA) is 29.1 Å². The molecule has 0 heterocycles. The Labute approximate surface area is 122 Å². The van der Waals surface area contributed by atoms with Gasteiger partial charge in [0.15, 0.2) is 11.6 Å². The Morgan fingerprint density at radius 1 is 1.35 bits per heavy atom. The van der Waals surface area contributed by atoms with E-state index in [0.717, 1.165) is 37.8 Å². The van der Waals surface area contributed by atoms with Crippen molar-refractivity contribution in [1.82, 2.24) is 5.32 Å². The third-order valence-corrected chi connectivity index (χ3v) is 4.56. The molecule has 1 fully saturated rings. The predicted molar refractivity (Wildman–Crippen MR) is 74.9 cm³/mol. The number of nitrogens with one attached hydrogen (secondary N) is 1. The van der Waals surface area contributed by atoms with Crippen molar-refractivity contribution in [3.8, 4) is 0 Å². The molecule has 0 unspecified atom stereocenters. The van der Waals surface area contributed by atoms with Crippen molar-refractivity contribution in [2.75, 3.05) is 5.88 Å². The zero-order valence-electron chi connectivity index (χ0n) is 11.4. The Kier molecular flexibility index (Phi) is 4.63. The van der Waals surface area contributed by atoms with Gasteiger partial charge in [-0.15, -0.1) is 11.6 Å². The van der Waals surface area contributed by atoms with Gasteiger partial charge in [0, 0.05) is 11.4 Å². The van der Waals surface area contributed by atoms with Crippen LogP contribution in [0.3, 0.4) is 0 Å². The standard InChI is InChI=1S/C15H18ClF2NO/c1-10-4-6-15(9-16,7-5-10)19-14(20)11-2-3-12(17)13(18)8-11/h2-3,8,10H,4-7,9H2,1H3,(H,19,20). The summed E-state index contributed by atoms with van der Waals surface area (Å²) in [5, 5.41) is 2.91. The molecule has 2 rings (SSSR count). The van der Waals surface area contributed by atoms with Crippen LogP contribution in [0.5, 0.6) is 0 Å². The lowest BCUT2D eigenvalue weighted by atomic mass is 9.78. The van der Waals surface area contributed by atoms with E-state index in [1.54, 1.807) is 0 Å². The molecule has 0 bridgehead atoms. The number of amides is 1. The lowest BCUT2D eigenvalue weighted by Gasteiger charge is -2.38. The minimum atomic E-state index is -1.02. The highest BCUT2D eigenvalue weighted by Gasteiger charge is 2.35. The van der Waals surface area contributed by atoms with E-state index in [1.165, 1.54) is 6.07 Å². The summed E-state index contributed by atoms with van der Waals surface area (Å²) >= 11 is 6.02. The molecule has 0 aromatic heterocycles. The Balaban J connectivity index is 2.11. The molecule has 20 heavy (non-hydrogen) atoms. The molecule has 1 N–H and O–H groups in total. The second-order valence-corrected chi connectivity index (χ2v) is 5.95. The number of alkyl halides is 1. The monoisotopic (exact) mass is 301 g/mol. The van der Waals surface area contributed by atoms with Crippen LogP contribution in [0.2, 0.25) is 0 Å². The lowest BCUT2D eigenvalue weighted by Crippen LogP contribution is -2.52. The second kappa shape index (κ2) is 6.08. The van der Waals surface area contributed by atoms with Crippen LogP contribution >= 0.6 is 11.6 Å². The maximum Gasteiger partial charge on any atom is 0.251 e. The third kappa shape index (κ3) is 3.29. The number of hydrogen-bond donors (Lipinski definition) is 1. The van der Waals surface area contributed by atoms with E-state index in [2.05, 4.69) is 12.2 Å². The first-order valence-electron chi connectivity index (χ1n) is 6.79. The first kappa shape index (κ1) is 15.2. The SMILES string of the molecule is CC1CCC(CCl)(NC(=O)c2ccc(F)c(F)c2)CC1. The van der Waals surface area contributed by atoms with Gasteiger partial charge in [-0.1, -0.05) is 6.92 Å². The summed E-state index contributed by atoms with van der Waals surface area (Å²) in [5.74, 6) is -1.42. The first-order chi connectivity index (χ1) is 9.46. The first-order valence-corrected chi connectivity index (χ1v) is 7.33. The van der Waals surface area contributed by atoms with E-state index in [1.807, 2.05) is 0 Å². The van der Waals surface area contributed by atoms with E-state index < -0.39 is 23.1 Å². The molecule has 110 valence electrons. The molecule has 0 spiro atoms. The van der Waals surface area contributed by atoms with Crippen LogP contribution < -0.4 is 5.32 Å². The molecule has 0 atom stereocenters. The van der Waals surface area contributed by atoms with Crippen LogP contribution in [0.15, 0.2) is 18.2 Å². The molecule has 1 aromatic rings. The maximum absolute atomic E-state index is 13.2. The van der Waals surface area contributed by atoms with Crippen LogP contribution in [0.25, 0.3) is 0 Å². The van der Waals surface area contributed by atoms with Crippen molar-refractivity contribution >= 4 is 17.5 Å². The van der Waals surface area contributed by atoms with Gasteiger partial charge in [0.1, 0.15) is 0 Å². The zero-order chi connectivity index (χ0) is 14.8. The number of halogens is 3. The highest BCUT2D eigenvalue weighted by atomic mass is 35.5. The van der Waals surface area contributed by atoms with Gasteiger partial charge in [0.05, 0.1) is 5.54 Å². The number of rotatable bonds is 3. The summed E-state index contributed by atoms with van der Waals surface area (Å²) in [6.45, 7) is 2.18. The summed E-state index contributed by atoms with van der Waals surface area (Å²) in [6, 6.07) is 3.15. The number of hydrogen-bond acceptors (Lipinski definition) is 1. The molecule has 2 nitrogen and oxygen atoms in total. The average molecular weight is 302 g/mol. The average Bonchev–Trinajstić information content (AvgIpc) is 2.44. The summed E-state index contributed by atoms with van der Waals surface area (Å²) < 4.78 is 26.0. The van der Waals surface area contributed by atoms with Crippen molar-refractivity contribution in [3.05, 3.63) is 35.4 Å². The van der Waals surface area contributed by atoms with Crippen LogP contribution in [-0.4, -0.2) is 17.3 Å². The van der Waals surface area contributed by atoms with Crippen molar-refractivity contribution in [3.63, 3.8) is 0 Å². The zero-order valence-corrected chi connectivity index (χ0v) is 12.1. The molecule has 1 saturated carbocycles. The number of carbonyl (C=O) groups excluding carboxylic acids is 1. The fraction of sp³-hybridized carbons (Fsp3) is 0.533. The van der Waals surface area contributed by atoms with E-state index in [0.29, 0.717) is 11.8 Å². The molecule has 0 radical (unpaired) electrons. The van der Waals surface area contributed by atoms with Gasteiger partial charge in [0.2, 0.25) is 0 Å². The van der Waals surface area contributed by atoms with Crippen LogP contribution in [-0.2, 0) is 0 Å². The summed E-state index contributed by atoms with van der Waals surface area (Å²) in [6.07, 6.45) is 3.63. The van der Waals surface area contributed by atoms with Crippen molar-refractivity contribution in [1.29, 1.82) is 0 Å². The fourth-order valence-electron chi connectivity index (χ4n) is 2.56. The van der Waals surface area contributed by atoms with E-state index in [-0.39, 0.29) is 5.56 Å². The molecule has 1 aliphatic carbocycles. The summed E-state index contributed by atoms with van der Waals surface area (Å²) in [4.78, 5) is 12.2. The maximum atomic E-state index is 13.2. The molecule has 1 aromatic carbocycles. The van der Waals surface area contributed by atoms with Gasteiger partial charge in [-0.25, -0.2) is 8.78 Å². The molecule has 0 aliphatic heterocycles. The molecule has 5 heteroatoms. The van der Waals surface area contributed by atoms with Gasteiger partial charge in [-0.3, -0.25) is 4.79 Å². The van der Waals surface area contributed by atoms with Crippen molar-refractivity contribution in [2.24, 2.45) is 5.92 Å². The van der Waals surface area contributed by atoms with E-state index >= 15 is 0 Å². The van der Waals surface area contributed by atoms with Crippen molar-refractivity contribution in [2.45, 2.75) is 38.1 Å². The largest absolute Gasteiger partial charge is 0.345 e. The molecule has 1 aliphatic rings. The number of benzene rings is 1. The Hall–Kier alpha value is -1.16. The smallest absolute Gasteiger partial charge is 0.251 e. The van der Waals surface area contributed by atoms with Crippen molar-refractivity contribution < 1.29 is 13.6 Å².